The Bertz CT molecular complexity index is 647. The largest absolute Gasteiger partial charge is 0.481 e. The number of aliphatic carboxylic acids is 1. The van der Waals surface area contributed by atoms with Gasteiger partial charge in [-0.2, -0.15) is 0 Å². The number of carboxylic acid groups (broad SMARTS) is 1. The summed E-state index contributed by atoms with van der Waals surface area (Å²) in [5.41, 5.74) is 0.261. The summed E-state index contributed by atoms with van der Waals surface area (Å²) in [6.45, 7) is 5.15. The maximum absolute atomic E-state index is 11.8. The van der Waals surface area contributed by atoms with Crippen molar-refractivity contribution in [2.45, 2.75) is 27.2 Å². The Morgan fingerprint density at radius 2 is 1.60 bits per heavy atom. The SMILES string of the molecule is CC(C)(C)C(=O)NCC(=O)Nc1ccc(C(=O)NCCC(=O)O)cc1. The van der Waals surface area contributed by atoms with Crippen molar-refractivity contribution in [3.8, 4) is 0 Å². The van der Waals surface area contributed by atoms with Crippen molar-refractivity contribution < 1.29 is 24.3 Å². The van der Waals surface area contributed by atoms with Gasteiger partial charge in [0.2, 0.25) is 11.8 Å². The summed E-state index contributed by atoms with van der Waals surface area (Å²) in [6.07, 6.45) is -0.153. The van der Waals surface area contributed by atoms with Gasteiger partial charge in [-0.1, -0.05) is 20.8 Å². The summed E-state index contributed by atoms with van der Waals surface area (Å²) >= 11 is 0. The van der Waals surface area contributed by atoms with E-state index in [-0.39, 0.29) is 31.3 Å². The molecule has 8 nitrogen and oxygen atoms in total. The molecule has 0 saturated heterocycles. The van der Waals surface area contributed by atoms with Gasteiger partial charge in [-0.3, -0.25) is 19.2 Å². The fraction of sp³-hybridized carbons (Fsp3) is 0.412. The lowest BCUT2D eigenvalue weighted by Gasteiger charge is -2.17. The first-order valence-electron chi connectivity index (χ1n) is 7.78. The predicted molar refractivity (Wildman–Crippen MR) is 92.1 cm³/mol. The van der Waals surface area contributed by atoms with Gasteiger partial charge in [0.05, 0.1) is 13.0 Å². The average Bonchev–Trinajstić information content (AvgIpc) is 2.51. The maximum atomic E-state index is 11.8. The molecule has 0 aromatic heterocycles. The van der Waals surface area contributed by atoms with Crippen LogP contribution in [0.4, 0.5) is 5.69 Å². The van der Waals surface area contributed by atoms with Crippen LogP contribution in [-0.2, 0) is 14.4 Å². The first-order chi connectivity index (χ1) is 11.6. The second-order valence-corrected chi connectivity index (χ2v) is 6.46. The molecule has 0 unspecified atom stereocenters. The van der Waals surface area contributed by atoms with E-state index >= 15 is 0 Å². The number of carboxylic acids is 1. The molecule has 8 heteroatoms. The molecule has 3 amide bonds. The molecule has 1 rings (SSSR count). The number of hydrogen-bond donors (Lipinski definition) is 4. The van der Waals surface area contributed by atoms with Crippen molar-refractivity contribution in [3.05, 3.63) is 29.8 Å². The van der Waals surface area contributed by atoms with Crippen molar-refractivity contribution >= 4 is 29.4 Å². The normalized spacial score (nSPS) is 10.7. The van der Waals surface area contributed by atoms with Gasteiger partial charge in [-0.05, 0) is 24.3 Å². The van der Waals surface area contributed by atoms with Gasteiger partial charge in [0, 0.05) is 23.2 Å². The van der Waals surface area contributed by atoms with Gasteiger partial charge in [0.15, 0.2) is 0 Å². The molecule has 0 atom stereocenters. The minimum absolute atomic E-state index is 0.0418. The van der Waals surface area contributed by atoms with Crippen LogP contribution in [0.25, 0.3) is 0 Å². The topological polar surface area (TPSA) is 125 Å². The van der Waals surface area contributed by atoms with Gasteiger partial charge in [-0.25, -0.2) is 0 Å². The zero-order valence-corrected chi connectivity index (χ0v) is 14.5. The molecule has 0 aliphatic carbocycles. The molecule has 0 bridgehead atoms. The van der Waals surface area contributed by atoms with Crippen LogP contribution >= 0.6 is 0 Å². The summed E-state index contributed by atoms with van der Waals surface area (Å²) < 4.78 is 0. The summed E-state index contributed by atoms with van der Waals surface area (Å²) in [6, 6.07) is 6.13. The highest BCUT2D eigenvalue weighted by Crippen LogP contribution is 2.12. The van der Waals surface area contributed by atoms with Crippen LogP contribution in [0.15, 0.2) is 24.3 Å². The molecule has 0 radical (unpaired) electrons. The van der Waals surface area contributed by atoms with Crippen LogP contribution in [0.5, 0.6) is 0 Å². The molecule has 0 saturated carbocycles. The van der Waals surface area contributed by atoms with Crippen LogP contribution in [0, 0.1) is 5.41 Å². The van der Waals surface area contributed by atoms with E-state index in [1.807, 2.05) is 0 Å². The first kappa shape index (κ1) is 20.1. The van der Waals surface area contributed by atoms with E-state index in [2.05, 4.69) is 16.0 Å². The fourth-order valence-corrected chi connectivity index (χ4v) is 1.72. The molecule has 136 valence electrons. The highest BCUT2D eigenvalue weighted by molar-refractivity contribution is 5.97. The average molecular weight is 349 g/mol. The molecule has 0 aliphatic heterocycles. The van der Waals surface area contributed by atoms with E-state index < -0.39 is 17.3 Å². The molecule has 0 heterocycles. The fourth-order valence-electron chi connectivity index (χ4n) is 1.72. The lowest BCUT2D eigenvalue weighted by atomic mass is 9.96. The van der Waals surface area contributed by atoms with Gasteiger partial charge >= 0.3 is 5.97 Å². The van der Waals surface area contributed by atoms with Crippen LogP contribution in [0.2, 0.25) is 0 Å². The number of anilines is 1. The lowest BCUT2D eigenvalue weighted by Crippen LogP contribution is -2.39. The third-order valence-corrected chi connectivity index (χ3v) is 3.15. The summed E-state index contributed by atoms with van der Waals surface area (Å²) in [5, 5.41) is 16.2. The minimum Gasteiger partial charge on any atom is -0.481 e. The molecule has 0 spiro atoms. The molecule has 4 N–H and O–H groups in total. The molecular formula is C17H23N3O5. The predicted octanol–water partition coefficient (Wildman–Crippen LogP) is 0.992. The van der Waals surface area contributed by atoms with E-state index in [1.165, 1.54) is 12.1 Å². The first-order valence-corrected chi connectivity index (χ1v) is 7.78. The van der Waals surface area contributed by atoms with Crippen LogP contribution < -0.4 is 16.0 Å². The number of nitrogens with one attached hydrogen (secondary N) is 3. The Morgan fingerprint density at radius 3 is 2.12 bits per heavy atom. The Kier molecular flexibility index (Phi) is 7.10. The molecule has 1 aromatic carbocycles. The van der Waals surface area contributed by atoms with Crippen molar-refractivity contribution in [3.63, 3.8) is 0 Å². The van der Waals surface area contributed by atoms with Gasteiger partial charge < -0.3 is 21.1 Å². The van der Waals surface area contributed by atoms with Gasteiger partial charge in [-0.15, -0.1) is 0 Å². The van der Waals surface area contributed by atoms with E-state index in [4.69, 9.17) is 5.11 Å². The van der Waals surface area contributed by atoms with Crippen LogP contribution in [-0.4, -0.2) is 41.9 Å². The molecule has 0 aliphatic rings. The summed E-state index contributed by atoms with van der Waals surface area (Å²) in [4.78, 5) is 45.7. The molecule has 25 heavy (non-hydrogen) atoms. The summed E-state index contributed by atoms with van der Waals surface area (Å²) in [7, 11) is 0. The number of carbonyl (C=O) groups excluding carboxylic acids is 3. The van der Waals surface area contributed by atoms with Gasteiger partial charge in [0.1, 0.15) is 0 Å². The number of rotatable bonds is 7. The minimum atomic E-state index is -0.989. The third-order valence-electron chi connectivity index (χ3n) is 3.15. The Balaban J connectivity index is 2.48. The Morgan fingerprint density at radius 1 is 1.00 bits per heavy atom. The monoisotopic (exact) mass is 349 g/mol. The Hall–Kier alpha value is -2.90. The van der Waals surface area contributed by atoms with E-state index in [0.29, 0.717) is 11.3 Å². The zero-order chi connectivity index (χ0) is 19.0. The lowest BCUT2D eigenvalue weighted by molar-refractivity contribution is -0.136. The van der Waals surface area contributed by atoms with Crippen LogP contribution in [0.3, 0.4) is 0 Å². The number of hydrogen-bond acceptors (Lipinski definition) is 4. The highest BCUT2D eigenvalue weighted by Gasteiger charge is 2.21. The van der Waals surface area contributed by atoms with E-state index in [1.54, 1.807) is 32.9 Å². The van der Waals surface area contributed by atoms with Crippen molar-refractivity contribution in [1.29, 1.82) is 0 Å². The number of carbonyl (C=O) groups is 4. The molecular weight excluding hydrogens is 326 g/mol. The van der Waals surface area contributed by atoms with E-state index in [9.17, 15) is 19.2 Å². The zero-order valence-electron chi connectivity index (χ0n) is 14.5. The molecule has 0 fully saturated rings. The van der Waals surface area contributed by atoms with Crippen molar-refractivity contribution in [2.75, 3.05) is 18.4 Å². The van der Waals surface area contributed by atoms with E-state index in [0.717, 1.165) is 0 Å². The second-order valence-electron chi connectivity index (χ2n) is 6.46. The smallest absolute Gasteiger partial charge is 0.305 e. The standard InChI is InChI=1S/C17H23N3O5/c1-17(2,3)16(25)19-10-13(21)20-12-6-4-11(5-7-12)15(24)18-9-8-14(22)23/h4-7H,8-10H2,1-3H3,(H,18,24)(H,19,25)(H,20,21)(H,22,23). The van der Waals surface area contributed by atoms with Crippen LogP contribution in [0.1, 0.15) is 37.6 Å². The quantitative estimate of drug-likeness (QED) is 0.584. The van der Waals surface area contributed by atoms with Gasteiger partial charge in [0.25, 0.3) is 5.91 Å². The number of amides is 3. The second kappa shape index (κ2) is 8.81. The van der Waals surface area contributed by atoms with Crippen molar-refractivity contribution in [1.82, 2.24) is 10.6 Å². The maximum Gasteiger partial charge on any atom is 0.305 e. The third kappa shape index (κ3) is 7.47. The number of benzene rings is 1. The van der Waals surface area contributed by atoms with Crippen molar-refractivity contribution in [2.24, 2.45) is 5.41 Å². The Labute approximate surface area is 146 Å². The highest BCUT2D eigenvalue weighted by atomic mass is 16.4. The summed E-state index contributed by atoms with van der Waals surface area (Å²) in [5.74, 6) is -1.99. The molecule has 1 aromatic rings.